The van der Waals surface area contributed by atoms with Gasteiger partial charge in [-0.2, -0.15) is 9.61 Å². The highest BCUT2D eigenvalue weighted by Crippen LogP contribution is 2.32. The van der Waals surface area contributed by atoms with Gasteiger partial charge in [0, 0.05) is 28.4 Å². The third-order valence-electron chi connectivity index (χ3n) is 5.00. The summed E-state index contributed by atoms with van der Waals surface area (Å²) in [7, 11) is 1.66. The molecule has 0 atom stereocenters. The first kappa shape index (κ1) is 19.3. The molecule has 0 aliphatic rings. The number of halogens is 1. The topological polar surface area (TPSA) is 51.5 Å². The van der Waals surface area contributed by atoms with Crippen molar-refractivity contribution in [3.8, 4) is 16.9 Å². The summed E-state index contributed by atoms with van der Waals surface area (Å²) < 4.78 is 7.17. The zero-order valence-electron chi connectivity index (χ0n) is 16.7. The number of benzene rings is 2. The van der Waals surface area contributed by atoms with Crippen molar-refractivity contribution < 1.29 is 4.74 Å². The van der Waals surface area contributed by atoms with E-state index in [2.05, 4.69) is 17.4 Å². The molecule has 4 rings (SSSR count). The molecule has 5 nitrogen and oxygen atoms in total. The van der Waals surface area contributed by atoms with Crippen molar-refractivity contribution >= 4 is 28.8 Å². The number of rotatable bonds is 6. The molecule has 0 spiro atoms. The summed E-state index contributed by atoms with van der Waals surface area (Å²) in [6.45, 7) is 4.04. The lowest BCUT2D eigenvalue weighted by molar-refractivity contribution is 0.415. The largest absolute Gasteiger partial charge is 0.497 e. The minimum atomic E-state index is 0.511. The predicted octanol–water partition coefficient (Wildman–Crippen LogP) is 5.55. The van der Waals surface area contributed by atoms with E-state index >= 15 is 0 Å². The standard InChI is InChI=1S/C23H23ClN4O/c1-15-20(13-14-24)22(26-18-9-11-19(29-3)12-10-18)28-23(25-15)21(16(2)27-28)17-7-5-4-6-8-17/h4-12,26H,13-14H2,1-3H3. The van der Waals surface area contributed by atoms with Gasteiger partial charge in [0.15, 0.2) is 5.65 Å². The summed E-state index contributed by atoms with van der Waals surface area (Å²) in [5.74, 6) is 2.22. The first-order valence-corrected chi connectivity index (χ1v) is 10.1. The van der Waals surface area contributed by atoms with Gasteiger partial charge in [-0.1, -0.05) is 30.3 Å². The monoisotopic (exact) mass is 406 g/mol. The third-order valence-corrected chi connectivity index (χ3v) is 5.19. The van der Waals surface area contributed by atoms with Gasteiger partial charge >= 0.3 is 0 Å². The van der Waals surface area contributed by atoms with Crippen molar-refractivity contribution in [3.63, 3.8) is 0 Å². The van der Waals surface area contributed by atoms with Crippen LogP contribution >= 0.6 is 11.6 Å². The molecule has 148 valence electrons. The van der Waals surface area contributed by atoms with Gasteiger partial charge in [-0.25, -0.2) is 4.98 Å². The van der Waals surface area contributed by atoms with Gasteiger partial charge < -0.3 is 10.1 Å². The second kappa shape index (κ2) is 8.13. The summed E-state index contributed by atoms with van der Waals surface area (Å²) in [5.41, 5.74) is 6.88. The number of nitrogens with one attached hydrogen (secondary N) is 1. The van der Waals surface area contributed by atoms with E-state index in [4.69, 9.17) is 26.4 Å². The lowest BCUT2D eigenvalue weighted by Gasteiger charge is -2.16. The Morgan fingerprint density at radius 1 is 1.00 bits per heavy atom. The van der Waals surface area contributed by atoms with Crippen LogP contribution in [0, 0.1) is 13.8 Å². The molecule has 0 saturated carbocycles. The van der Waals surface area contributed by atoms with Crippen LogP contribution in [0.3, 0.4) is 0 Å². The molecule has 2 aromatic carbocycles. The smallest absolute Gasteiger partial charge is 0.165 e. The van der Waals surface area contributed by atoms with E-state index in [9.17, 15) is 0 Å². The van der Waals surface area contributed by atoms with E-state index in [1.54, 1.807) is 7.11 Å². The van der Waals surface area contributed by atoms with Crippen molar-refractivity contribution in [2.75, 3.05) is 18.3 Å². The van der Waals surface area contributed by atoms with Crippen molar-refractivity contribution in [1.82, 2.24) is 14.6 Å². The molecule has 0 fully saturated rings. The molecule has 0 aliphatic carbocycles. The van der Waals surface area contributed by atoms with Crippen LogP contribution in [0.1, 0.15) is 17.0 Å². The molecule has 0 aliphatic heterocycles. The van der Waals surface area contributed by atoms with Gasteiger partial charge in [0.25, 0.3) is 0 Å². The number of aryl methyl sites for hydroxylation is 2. The third kappa shape index (κ3) is 3.66. The van der Waals surface area contributed by atoms with Crippen LogP contribution in [0.4, 0.5) is 11.5 Å². The van der Waals surface area contributed by atoms with E-state index in [0.717, 1.165) is 51.0 Å². The van der Waals surface area contributed by atoms with Crippen LogP contribution in [-0.4, -0.2) is 27.6 Å². The maximum Gasteiger partial charge on any atom is 0.165 e. The van der Waals surface area contributed by atoms with Crippen molar-refractivity contribution in [2.24, 2.45) is 0 Å². The Kier molecular flexibility index (Phi) is 5.41. The fraction of sp³-hybridized carbons (Fsp3) is 0.217. The van der Waals surface area contributed by atoms with Gasteiger partial charge in [0.2, 0.25) is 0 Å². The number of alkyl halides is 1. The van der Waals surface area contributed by atoms with Crippen molar-refractivity contribution in [1.29, 1.82) is 0 Å². The lowest BCUT2D eigenvalue weighted by Crippen LogP contribution is -2.09. The number of fused-ring (bicyclic) bond motifs is 1. The highest BCUT2D eigenvalue weighted by atomic mass is 35.5. The molecular weight excluding hydrogens is 384 g/mol. The van der Waals surface area contributed by atoms with Crippen molar-refractivity contribution in [2.45, 2.75) is 20.3 Å². The van der Waals surface area contributed by atoms with Crippen LogP contribution < -0.4 is 10.1 Å². The summed E-state index contributed by atoms with van der Waals surface area (Å²) >= 11 is 6.10. The summed E-state index contributed by atoms with van der Waals surface area (Å²) in [4.78, 5) is 4.90. The second-order valence-corrected chi connectivity index (χ2v) is 7.26. The summed E-state index contributed by atoms with van der Waals surface area (Å²) in [6.07, 6.45) is 0.703. The number of aromatic nitrogens is 3. The Labute approximate surface area is 175 Å². The molecule has 2 aromatic heterocycles. The van der Waals surface area contributed by atoms with Gasteiger partial charge in [0.1, 0.15) is 11.6 Å². The quantitative estimate of drug-likeness (QED) is 0.427. The van der Waals surface area contributed by atoms with E-state index in [1.165, 1.54) is 0 Å². The van der Waals surface area contributed by atoms with Crippen LogP contribution in [0.15, 0.2) is 54.6 Å². The number of hydrogen-bond donors (Lipinski definition) is 1. The van der Waals surface area contributed by atoms with Crippen LogP contribution in [0.5, 0.6) is 5.75 Å². The molecule has 0 bridgehead atoms. The second-order valence-electron chi connectivity index (χ2n) is 6.88. The highest BCUT2D eigenvalue weighted by Gasteiger charge is 2.20. The number of anilines is 2. The Morgan fingerprint density at radius 2 is 1.72 bits per heavy atom. The first-order chi connectivity index (χ1) is 14.1. The number of hydrogen-bond acceptors (Lipinski definition) is 4. The molecular formula is C23H23ClN4O. The minimum absolute atomic E-state index is 0.511. The normalized spacial score (nSPS) is 11.0. The fourth-order valence-corrected chi connectivity index (χ4v) is 3.76. The number of methoxy groups -OCH3 is 1. The molecule has 0 saturated heterocycles. The van der Waals surface area contributed by atoms with E-state index in [1.807, 2.05) is 60.8 Å². The zero-order valence-corrected chi connectivity index (χ0v) is 17.5. The maximum absolute atomic E-state index is 6.10. The molecule has 1 N–H and O–H groups in total. The molecule has 29 heavy (non-hydrogen) atoms. The first-order valence-electron chi connectivity index (χ1n) is 9.53. The fourth-order valence-electron chi connectivity index (χ4n) is 3.58. The van der Waals surface area contributed by atoms with Gasteiger partial charge in [-0.3, -0.25) is 0 Å². The van der Waals surface area contributed by atoms with E-state index in [0.29, 0.717) is 12.3 Å². The Morgan fingerprint density at radius 3 is 2.38 bits per heavy atom. The summed E-state index contributed by atoms with van der Waals surface area (Å²) in [5, 5.41) is 8.36. The zero-order chi connectivity index (χ0) is 20.4. The predicted molar refractivity (Wildman–Crippen MR) is 119 cm³/mol. The Hall–Kier alpha value is -3.05. The minimum Gasteiger partial charge on any atom is -0.497 e. The van der Waals surface area contributed by atoms with E-state index < -0.39 is 0 Å². The van der Waals surface area contributed by atoms with E-state index in [-0.39, 0.29) is 0 Å². The van der Waals surface area contributed by atoms with Crippen molar-refractivity contribution in [3.05, 3.63) is 71.5 Å². The Bertz CT molecular complexity index is 1140. The number of ether oxygens (including phenoxy) is 1. The molecule has 2 heterocycles. The molecule has 0 radical (unpaired) electrons. The average molecular weight is 407 g/mol. The summed E-state index contributed by atoms with van der Waals surface area (Å²) in [6, 6.07) is 18.1. The molecule has 6 heteroatoms. The number of nitrogens with zero attached hydrogens (tertiary/aromatic N) is 3. The lowest BCUT2D eigenvalue weighted by atomic mass is 10.1. The highest BCUT2D eigenvalue weighted by molar-refractivity contribution is 6.18. The maximum atomic E-state index is 6.10. The van der Waals surface area contributed by atoms with Crippen LogP contribution in [0.25, 0.3) is 16.8 Å². The molecule has 0 amide bonds. The van der Waals surface area contributed by atoms with Gasteiger partial charge in [-0.05, 0) is 50.1 Å². The van der Waals surface area contributed by atoms with Crippen LogP contribution in [-0.2, 0) is 6.42 Å². The SMILES string of the molecule is COc1ccc(Nc2c(CCCl)c(C)nc3c(-c4ccccc4)c(C)nn23)cc1. The van der Waals surface area contributed by atoms with Gasteiger partial charge in [-0.15, -0.1) is 11.6 Å². The average Bonchev–Trinajstić information content (AvgIpc) is 3.07. The van der Waals surface area contributed by atoms with Gasteiger partial charge in [0.05, 0.1) is 12.8 Å². The molecule has 4 aromatic rings. The van der Waals surface area contributed by atoms with Crippen LogP contribution in [0.2, 0.25) is 0 Å². The Balaban J connectivity index is 1.91. The molecule has 0 unspecified atom stereocenters.